The summed E-state index contributed by atoms with van der Waals surface area (Å²) in [7, 11) is 0. The molecule has 3 aromatic carbocycles. The summed E-state index contributed by atoms with van der Waals surface area (Å²) in [5.41, 5.74) is 2.59. The molecule has 1 saturated heterocycles. The number of benzene rings is 3. The molecule has 29 heavy (non-hydrogen) atoms. The molecule has 2 atom stereocenters. The molecule has 0 aromatic heterocycles. The van der Waals surface area contributed by atoms with Crippen LogP contribution in [0.25, 0.3) is 0 Å². The van der Waals surface area contributed by atoms with Crippen LogP contribution in [0.4, 0.5) is 0 Å². The van der Waals surface area contributed by atoms with Crippen molar-refractivity contribution in [2.45, 2.75) is 24.2 Å². The first-order valence-corrected chi connectivity index (χ1v) is 10.1. The van der Waals surface area contributed by atoms with Gasteiger partial charge < -0.3 is 14.6 Å². The van der Waals surface area contributed by atoms with Gasteiger partial charge in [-0.3, -0.25) is 0 Å². The molecule has 3 aromatic rings. The van der Waals surface area contributed by atoms with E-state index < -0.39 is 5.60 Å². The fourth-order valence-corrected chi connectivity index (χ4v) is 3.79. The van der Waals surface area contributed by atoms with Gasteiger partial charge in [-0.15, -0.1) is 0 Å². The molecule has 0 spiro atoms. The van der Waals surface area contributed by atoms with Crippen LogP contribution >= 0.6 is 0 Å². The Morgan fingerprint density at radius 2 is 1.21 bits per heavy atom. The SMILES string of the molecule is OC[C@@H]1O[C@H]1C/C=C/COC(c1ccccc1)(c1ccccc1)c1ccccc1. The summed E-state index contributed by atoms with van der Waals surface area (Å²) in [5, 5.41) is 9.09. The molecule has 148 valence electrons. The second kappa shape index (κ2) is 9.19. The van der Waals surface area contributed by atoms with E-state index in [1.165, 1.54) is 0 Å². The van der Waals surface area contributed by atoms with Gasteiger partial charge in [0.05, 0.1) is 19.3 Å². The molecule has 0 unspecified atom stereocenters. The van der Waals surface area contributed by atoms with Gasteiger partial charge in [-0.1, -0.05) is 103 Å². The van der Waals surface area contributed by atoms with Crippen molar-refractivity contribution < 1.29 is 14.6 Å². The highest BCUT2D eigenvalue weighted by Crippen LogP contribution is 2.40. The molecule has 1 aliphatic heterocycles. The lowest BCUT2D eigenvalue weighted by atomic mass is 9.80. The van der Waals surface area contributed by atoms with E-state index in [4.69, 9.17) is 14.6 Å². The first-order chi connectivity index (χ1) is 14.3. The maximum absolute atomic E-state index is 9.09. The molecule has 0 saturated carbocycles. The molecule has 3 heteroatoms. The molecule has 0 bridgehead atoms. The van der Waals surface area contributed by atoms with E-state index >= 15 is 0 Å². The van der Waals surface area contributed by atoms with E-state index in [-0.39, 0.29) is 18.8 Å². The molecule has 0 amide bonds. The van der Waals surface area contributed by atoms with E-state index in [1.54, 1.807) is 0 Å². The molecule has 1 heterocycles. The first kappa shape index (κ1) is 19.6. The minimum absolute atomic E-state index is 0.00221. The van der Waals surface area contributed by atoms with Crippen LogP contribution in [-0.4, -0.2) is 30.5 Å². The average Bonchev–Trinajstić information content (AvgIpc) is 3.57. The first-order valence-electron chi connectivity index (χ1n) is 10.1. The lowest BCUT2D eigenvalue weighted by molar-refractivity contribution is 0.0319. The summed E-state index contributed by atoms with van der Waals surface area (Å²) < 4.78 is 12.0. The van der Waals surface area contributed by atoms with Crippen molar-refractivity contribution in [1.82, 2.24) is 0 Å². The fraction of sp³-hybridized carbons (Fsp3) is 0.231. The zero-order valence-electron chi connectivity index (χ0n) is 16.4. The molecule has 1 N–H and O–H groups in total. The topological polar surface area (TPSA) is 42.0 Å². The van der Waals surface area contributed by atoms with Crippen molar-refractivity contribution in [3.63, 3.8) is 0 Å². The van der Waals surface area contributed by atoms with E-state index in [1.807, 2.05) is 24.3 Å². The van der Waals surface area contributed by atoms with E-state index in [0.29, 0.717) is 6.61 Å². The number of rotatable bonds is 9. The average molecular weight is 386 g/mol. The number of aliphatic hydroxyl groups is 1. The Morgan fingerprint density at radius 3 is 1.62 bits per heavy atom. The minimum Gasteiger partial charge on any atom is -0.394 e. The summed E-state index contributed by atoms with van der Waals surface area (Å²) in [4.78, 5) is 0. The Balaban J connectivity index is 1.65. The van der Waals surface area contributed by atoms with Gasteiger partial charge in [0.15, 0.2) is 0 Å². The summed E-state index contributed by atoms with van der Waals surface area (Å²) in [6, 6.07) is 31.1. The second-order valence-corrected chi connectivity index (χ2v) is 7.19. The largest absolute Gasteiger partial charge is 0.394 e. The molecule has 1 aliphatic rings. The van der Waals surface area contributed by atoms with Gasteiger partial charge in [0.1, 0.15) is 11.7 Å². The smallest absolute Gasteiger partial charge is 0.144 e. The Hall–Kier alpha value is -2.72. The molecule has 0 radical (unpaired) electrons. The zero-order chi connectivity index (χ0) is 19.9. The minimum atomic E-state index is -0.697. The third-order valence-electron chi connectivity index (χ3n) is 5.34. The third-order valence-corrected chi connectivity index (χ3v) is 5.34. The van der Waals surface area contributed by atoms with Gasteiger partial charge in [0, 0.05) is 0 Å². The molecular weight excluding hydrogens is 360 g/mol. The monoisotopic (exact) mass is 386 g/mol. The van der Waals surface area contributed by atoms with Crippen molar-refractivity contribution >= 4 is 0 Å². The quantitative estimate of drug-likeness (QED) is 0.329. The number of epoxide rings is 1. The Labute approximate surface area is 172 Å². The fourth-order valence-electron chi connectivity index (χ4n) is 3.79. The van der Waals surface area contributed by atoms with Gasteiger partial charge in [-0.2, -0.15) is 0 Å². The normalized spacial score (nSPS) is 18.8. The molecule has 3 nitrogen and oxygen atoms in total. The number of ether oxygens (including phenoxy) is 2. The van der Waals surface area contributed by atoms with Crippen LogP contribution in [0.1, 0.15) is 23.1 Å². The lowest BCUT2D eigenvalue weighted by Crippen LogP contribution is -2.33. The summed E-state index contributed by atoms with van der Waals surface area (Å²) >= 11 is 0. The van der Waals surface area contributed by atoms with Crippen molar-refractivity contribution in [2.24, 2.45) is 0 Å². The highest BCUT2D eigenvalue weighted by molar-refractivity contribution is 5.47. The second-order valence-electron chi connectivity index (χ2n) is 7.19. The van der Waals surface area contributed by atoms with E-state index in [9.17, 15) is 0 Å². The van der Waals surface area contributed by atoms with Crippen LogP contribution in [0.2, 0.25) is 0 Å². The third kappa shape index (κ3) is 4.33. The van der Waals surface area contributed by atoms with Gasteiger partial charge in [-0.25, -0.2) is 0 Å². The van der Waals surface area contributed by atoms with Gasteiger partial charge in [0.25, 0.3) is 0 Å². The Kier molecular flexibility index (Phi) is 6.20. The predicted octanol–water partition coefficient (Wildman–Crippen LogP) is 4.70. The summed E-state index contributed by atoms with van der Waals surface area (Å²) in [6.45, 7) is 0.559. The summed E-state index contributed by atoms with van der Waals surface area (Å²) in [5.74, 6) is 0. The molecule has 0 aliphatic carbocycles. The highest BCUT2D eigenvalue weighted by Gasteiger charge is 2.38. The van der Waals surface area contributed by atoms with Crippen LogP contribution in [0, 0.1) is 0 Å². The van der Waals surface area contributed by atoms with E-state index in [2.05, 4.69) is 78.9 Å². The van der Waals surface area contributed by atoms with Crippen molar-refractivity contribution in [1.29, 1.82) is 0 Å². The standard InChI is InChI=1S/C26H26O3/c27-20-25-24(29-25)18-10-11-19-28-26(21-12-4-1-5-13-21,22-14-6-2-7-15-22)23-16-8-3-9-17-23/h1-17,24-25,27H,18-20H2/b11-10+/t24-,25-/m0/s1. The maximum atomic E-state index is 9.09. The maximum Gasteiger partial charge on any atom is 0.144 e. The van der Waals surface area contributed by atoms with Crippen molar-refractivity contribution in [3.8, 4) is 0 Å². The van der Waals surface area contributed by atoms with Crippen LogP contribution in [0.3, 0.4) is 0 Å². The Bertz CT molecular complexity index is 810. The van der Waals surface area contributed by atoms with Crippen LogP contribution < -0.4 is 0 Å². The number of hydrogen-bond acceptors (Lipinski definition) is 3. The van der Waals surface area contributed by atoms with Crippen molar-refractivity contribution in [2.75, 3.05) is 13.2 Å². The molecule has 4 rings (SSSR count). The number of aliphatic hydroxyl groups excluding tert-OH is 1. The van der Waals surface area contributed by atoms with Gasteiger partial charge in [0.2, 0.25) is 0 Å². The predicted molar refractivity (Wildman–Crippen MR) is 115 cm³/mol. The summed E-state index contributed by atoms with van der Waals surface area (Å²) in [6.07, 6.45) is 5.05. The molecule has 1 fully saturated rings. The lowest BCUT2D eigenvalue weighted by Gasteiger charge is -2.35. The highest BCUT2D eigenvalue weighted by atomic mass is 16.6. The molecular formula is C26H26O3. The number of hydrogen-bond donors (Lipinski definition) is 1. The van der Waals surface area contributed by atoms with E-state index in [0.717, 1.165) is 23.1 Å². The van der Waals surface area contributed by atoms with Crippen LogP contribution in [0.15, 0.2) is 103 Å². The zero-order valence-corrected chi connectivity index (χ0v) is 16.4. The van der Waals surface area contributed by atoms with Crippen LogP contribution in [-0.2, 0) is 15.1 Å². The van der Waals surface area contributed by atoms with Crippen LogP contribution in [0.5, 0.6) is 0 Å². The van der Waals surface area contributed by atoms with Crippen molar-refractivity contribution in [3.05, 3.63) is 120 Å². The van der Waals surface area contributed by atoms with Gasteiger partial charge in [-0.05, 0) is 23.1 Å². The Morgan fingerprint density at radius 1 is 0.724 bits per heavy atom. The van der Waals surface area contributed by atoms with Gasteiger partial charge >= 0.3 is 0 Å².